The monoisotopic (exact) mass is 629 g/mol. The van der Waals surface area contributed by atoms with Crippen molar-refractivity contribution in [2.75, 3.05) is 42.8 Å². The number of rotatable bonds is 12. The van der Waals surface area contributed by atoms with E-state index >= 15 is 0 Å². The van der Waals surface area contributed by atoms with Gasteiger partial charge in [0, 0.05) is 48.9 Å². The number of carboxylic acid groups (broad SMARTS) is 1. The molecule has 3 aromatic rings. The molecule has 3 aliphatic heterocycles. The van der Waals surface area contributed by atoms with Crippen molar-refractivity contribution in [3.05, 3.63) is 77.6 Å². The van der Waals surface area contributed by atoms with Crippen LogP contribution in [-0.2, 0) is 34.5 Å². The van der Waals surface area contributed by atoms with Crippen molar-refractivity contribution in [1.29, 1.82) is 0 Å². The first kappa shape index (κ1) is 31.5. The van der Waals surface area contributed by atoms with Gasteiger partial charge in [-0.05, 0) is 48.2 Å². The fourth-order valence-corrected chi connectivity index (χ4v) is 7.16. The maximum Gasteiger partial charge on any atom is 0.308 e. The van der Waals surface area contributed by atoms with Gasteiger partial charge in [0.1, 0.15) is 12.7 Å². The highest BCUT2D eigenvalue weighted by molar-refractivity contribution is 6.01. The summed E-state index contributed by atoms with van der Waals surface area (Å²) in [6.45, 7) is 3.03. The normalized spacial score (nSPS) is 20.3. The van der Waals surface area contributed by atoms with Gasteiger partial charge in [-0.25, -0.2) is 4.57 Å². The number of carboxylic acids is 1. The van der Waals surface area contributed by atoms with Crippen LogP contribution in [0.5, 0.6) is 11.5 Å². The number of nitrogens with zero attached hydrogens (tertiary/aromatic N) is 4. The zero-order chi connectivity index (χ0) is 32.4. The molecule has 1 fully saturated rings. The number of amides is 2. The fourth-order valence-electron chi connectivity index (χ4n) is 7.16. The Hall–Kier alpha value is -4.48. The second kappa shape index (κ2) is 13.5. The Bertz CT molecular complexity index is 1630. The van der Waals surface area contributed by atoms with E-state index in [4.69, 9.17) is 9.47 Å². The summed E-state index contributed by atoms with van der Waals surface area (Å²) in [6, 6.07) is 14.5. The number of ether oxygens (including phenoxy) is 2. The fraction of sp³-hybridized carbons (Fsp3) is 0.429. The lowest BCUT2D eigenvalue weighted by Crippen LogP contribution is -2.46. The molecule has 242 valence electrons. The average molecular weight is 630 g/mol. The van der Waals surface area contributed by atoms with Crippen LogP contribution in [0.4, 0.5) is 11.4 Å². The molecular formula is C35H41N4O7+. The number of unbranched alkanes of at least 4 members (excludes halogenated alkanes) is 1. The first-order valence-corrected chi connectivity index (χ1v) is 15.9. The van der Waals surface area contributed by atoms with E-state index in [1.54, 1.807) is 21.9 Å². The minimum absolute atomic E-state index is 0.0173. The molecule has 1 aromatic heterocycles. The van der Waals surface area contributed by atoms with Gasteiger partial charge in [-0.1, -0.05) is 31.5 Å². The maximum absolute atomic E-state index is 14.1. The predicted molar refractivity (Wildman–Crippen MR) is 170 cm³/mol. The number of hydrogen-bond acceptors (Lipinski definition) is 7. The number of likely N-dealkylation sites (tertiary alicyclic amines) is 1. The molecule has 6 rings (SSSR count). The molecule has 0 aliphatic carbocycles. The third-order valence-electron chi connectivity index (χ3n) is 9.39. The second-order valence-electron chi connectivity index (χ2n) is 12.3. The lowest BCUT2D eigenvalue weighted by Gasteiger charge is -2.30. The summed E-state index contributed by atoms with van der Waals surface area (Å²) in [5.41, 5.74) is 3.83. The van der Waals surface area contributed by atoms with Crippen LogP contribution >= 0.6 is 0 Å². The van der Waals surface area contributed by atoms with Crippen molar-refractivity contribution in [3.8, 4) is 11.5 Å². The summed E-state index contributed by atoms with van der Waals surface area (Å²) in [5, 5.41) is 20.8. The van der Waals surface area contributed by atoms with Crippen LogP contribution in [0.25, 0.3) is 0 Å². The van der Waals surface area contributed by atoms with Crippen LogP contribution in [0.3, 0.4) is 0 Å². The highest BCUT2D eigenvalue weighted by Gasteiger charge is 2.48. The maximum atomic E-state index is 14.1. The van der Waals surface area contributed by atoms with E-state index in [1.165, 1.54) is 0 Å². The summed E-state index contributed by atoms with van der Waals surface area (Å²) in [4.78, 5) is 45.7. The molecule has 4 heterocycles. The Labute approximate surface area is 268 Å². The molecule has 0 spiro atoms. The molecule has 0 radical (unpaired) electrons. The van der Waals surface area contributed by atoms with Crippen LogP contribution in [0.2, 0.25) is 0 Å². The number of fused-ring (bicyclic) bond motifs is 2. The van der Waals surface area contributed by atoms with Crippen LogP contribution in [-0.4, -0.2) is 71.9 Å². The predicted octanol–water partition coefficient (Wildman–Crippen LogP) is 3.01. The average Bonchev–Trinajstić information content (AvgIpc) is 3.74. The van der Waals surface area contributed by atoms with Gasteiger partial charge in [0.05, 0.1) is 25.5 Å². The van der Waals surface area contributed by atoms with Crippen LogP contribution in [0, 0.1) is 5.92 Å². The largest absolute Gasteiger partial charge is 0.481 e. The van der Waals surface area contributed by atoms with Gasteiger partial charge >= 0.3 is 5.97 Å². The van der Waals surface area contributed by atoms with Gasteiger partial charge in [0.2, 0.25) is 18.6 Å². The molecule has 3 atom stereocenters. The van der Waals surface area contributed by atoms with E-state index in [0.717, 1.165) is 29.8 Å². The third-order valence-corrected chi connectivity index (χ3v) is 9.39. The number of pyridine rings is 1. The van der Waals surface area contributed by atoms with E-state index in [9.17, 15) is 24.6 Å². The quantitative estimate of drug-likeness (QED) is 0.293. The van der Waals surface area contributed by atoms with Gasteiger partial charge in [-0.2, -0.15) is 0 Å². The highest BCUT2D eigenvalue weighted by atomic mass is 16.7. The SMILES string of the molecule is CCCCN(C(=O)CN1C[C@H](c2cc(CO)c3c(c2)OCO3)[C@@H](C(=O)O)[C@@H]1CCN1C(=O)Cc2ccccc21)c1ccc[n+](C)c1. The zero-order valence-electron chi connectivity index (χ0n) is 26.3. The number of para-hydroxylation sites is 1. The summed E-state index contributed by atoms with van der Waals surface area (Å²) in [6.07, 6.45) is 6.25. The van der Waals surface area contributed by atoms with Gasteiger partial charge in [0.25, 0.3) is 0 Å². The van der Waals surface area contributed by atoms with Crippen LogP contribution < -0.4 is 23.8 Å². The number of aliphatic carboxylic acids is 1. The molecule has 46 heavy (non-hydrogen) atoms. The van der Waals surface area contributed by atoms with E-state index in [2.05, 4.69) is 6.92 Å². The Morgan fingerprint density at radius 3 is 2.72 bits per heavy atom. The van der Waals surface area contributed by atoms with Gasteiger partial charge in [-0.15, -0.1) is 0 Å². The zero-order valence-corrected chi connectivity index (χ0v) is 26.3. The number of benzene rings is 2. The number of carbonyl (C=O) groups is 3. The number of aliphatic hydroxyl groups excluding tert-OH is 1. The second-order valence-corrected chi connectivity index (χ2v) is 12.3. The van der Waals surface area contributed by atoms with Gasteiger partial charge in [0.15, 0.2) is 23.9 Å². The first-order valence-electron chi connectivity index (χ1n) is 15.9. The van der Waals surface area contributed by atoms with E-state index in [0.29, 0.717) is 55.1 Å². The number of hydrogen-bond donors (Lipinski definition) is 2. The van der Waals surface area contributed by atoms with Crippen LogP contribution in [0.1, 0.15) is 48.8 Å². The molecular weight excluding hydrogens is 588 g/mol. The van der Waals surface area contributed by atoms with Crippen LogP contribution in [0.15, 0.2) is 60.9 Å². The number of anilines is 2. The minimum Gasteiger partial charge on any atom is -0.481 e. The number of aromatic nitrogens is 1. The standard InChI is InChI=1S/C35H40N4O7/c1-3-4-13-38(26-9-7-12-36(2)18-26)32(42)20-37-19-27(24-15-25(21-40)34-30(16-24)45-22-46-34)33(35(43)44)29(37)11-14-39-28-10-6-5-8-23(28)17-31(39)41/h5-10,12,15-16,18,27,29,33,40H,3-4,11,13-14,17,19-22H2,1-2H3/p+1/t27-,29+,33-/m1/s1. The minimum atomic E-state index is -0.973. The van der Waals surface area contributed by atoms with Crippen molar-refractivity contribution < 1.29 is 38.6 Å². The molecule has 2 amide bonds. The smallest absolute Gasteiger partial charge is 0.308 e. The lowest BCUT2D eigenvalue weighted by molar-refractivity contribution is -0.670. The summed E-state index contributed by atoms with van der Waals surface area (Å²) in [7, 11) is 1.91. The number of aliphatic hydroxyl groups is 1. The number of aryl methyl sites for hydroxylation is 1. The summed E-state index contributed by atoms with van der Waals surface area (Å²) < 4.78 is 13.1. The highest BCUT2D eigenvalue weighted by Crippen LogP contribution is 2.45. The molecule has 2 N–H and O–H groups in total. The van der Waals surface area contributed by atoms with Crippen molar-refractivity contribution in [1.82, 2.24) is 4.90 Å². The summed E-state index contributed by atoms with van der Waals surface area (Å²) in [5.74, 6) is -1.52. The Morgan fingerprint density at radius 2 is 1.96 bits per heavy atom. The molecule has 11 nitrogen and oxygen atoms in total. The lowest BCUT2D eigenvalue weighted by atomic mass is 9.83. The van der Waals surface area contributed by atoms with Gasteiger partial charge < -0.3 is 29.5 Å². The molecule has 2 aromatic carbocycles. The molecule has 0 bridgehead atoms. The Morgan fingerprint density at radius 1 is 1.13 bits per heavy atom. The Balaban J connectivity index is 1.33. The van der Waals surface area contributed by atoms with Crippen molar-refractivity contribution in [2.45, 2.75) is 51.2 Å². The molecule has 1 saturated heterocycles. The molecule has 3 aliphatic rings. The van der Waals surface area contributed by atoms with Crippen molar-refractivity contribution in [2.24, 2.45) is 13.0 Å². The number of carbonyl (C=O) groups excluding carboxylic acids is 2. The topological polar surface area (TPSA) is 124 Å². The molecule has 0 saturated carbocycles. The van der Waals surface area contributed by atoms with E-state index in [-0.39, 0.29) is 31.8 Å². The Kier molecular flexibility index (Phi) is 9.23. The molecule has 0 unspecified atom stereocenters. The van der Waals surface area contributed by atoms with Crippen molar-refractivity contribution >= 4 is 29.2 Å². The summed E-state index contributed by atoms with van der Waals surface area (Å²) >= 11 is 0. The van der Waals surface area contributed by atoms with Crippen molar-refractivity contribution in [3.63, 3.8) is 0 Å². The third kappa shape index (κ3) is 6.17. The first-order chi connectivity index (χ1) is 22.3. The van der Waals surface area contributed by atoms with E-state index in [1.807, 2.05) is 65.3 Å². The van der Waals surface area contributed by atoms with Gasteiger partial charge in [-0.3, -0.25) is 19.3 Å². The molecule has 11 heteroatoms. The van der Waals surface area contributed by atoms with E-state index < -0.39 is 23.8 Å².